The first-order valence-corrected chi connectivity index (χ1v) is 3.85. The van der Waals surface area contributed by atoms with E-state index in [1.165, 1.54) is 0 Å². The van der Waals surface area contributed by atoms with Crippen molar-refractivity contribution in [1.29, 1.82) is 0 Å². The van der Waals surface area contributed by atoms with Gasteiger partial charge in [-0.25, -0.2) is 0 Å². The number of halogens is 1. The molecular weight excluding hydrogens is 178 g/mol. The highest BCUT2D eigenvalue weighted by atomic mass is 35.5. The Hall–Kier alpha value is -1.06. The highest BCUT2D eigenvalue weighted by Crippen LogP contribution is 2.28. The third-order valence-electron chi connectivity index (χ3n) is 1.84. The summed E-state index contributed by atoms with van der Waals surface area (Å²) < 4.78 is 0. The van der Waals surface area contributed by atoms with Gasteiger partial charge in [-0.15, -0.1) is 0 Å². The van der Waals surface area contributed by atoms with E-state index in [2.05, 4.69) is 5.32 Å². The summed E-state index contributed by atoms with van der Waals surface area (Å²) in [6.07, 6.45) is -0.911. The molecule has 1 aliphatic rings. The van der Waals surface area contributed by atoms with Crippen LogP contribution < -0.4 is 5.32 Å². The molecule has 1 aromatic carbocycles. The summed E-state index contributed by atoms with van der Waals surface area (Å²) in [6, 6.07) is 4.99. The molecule has 0 fully saturated rings. The number of aliphatic hydroxyl groups excluding tert-OH is 1. The number of hydrogen-bond donors (Lipinski definition) is 2. The van der Waals surface area contributed by atoms with Crippen molar-refractivity contribution in [2.45, 2.75) is 6.23 Å². The number of nitrogens with one attached hydrogen (secondary N) is 1. The van der Waals surface area contributed by atoms with Crippen molar-refractivity contribution in [3.05, 3.63) is 34.3 Å². The van der Waals surface area contributed by atoms with E-state index < -0.39 is 6.23 Å². The number of amides is 1. The molecule has 0 radical (unpaired) electrons. The van der Waals surface area contributed by atoms with Gasteiger partial charge in [0.2, 0.25) is 0 Å². The van der Waals surface area contributed by atoms with Crippen LogP contribution in [0.4, 0.5) is 0 Å². The summed E-state index contributed by atoms with van der Waals surface area (Å²) >= 11 is 5.76. The minimum Gasteiger partial charge on any atom is -0.369 e. The van der Waals surface area contributed by atoms with Gasteiger partial charge in [-0.05, 0) is 6.07 Å². The molecule has 1 heterocycles. The summed E-state index contributed by atoms with van der Waals surface area (Å²) in [7, 11) is 0. The SMILES string of the molecule is O=C1NC(O)c2cccc(Cl)c21. The fourth-order valence-electron chi connectivity index (χ4n) is 1.28. The minimum absolute atomic E-state index is 0.317. The van der Waals surface area contributed by atoms with Crippen LogP contribution in [0.1, 0.15) is 22.1 Å². The van der Waals surface area contributed by atoms with Crippen molar-refractivity contribution in [2.75, 3.05) is 0 Å². The number of hydrogen-bond acceptors (Lipinski definition) is 2. The van der Waals surface area contributed by atoms with Gasteiger partial charge in [-0.2, -0.15) is 0 Å². The Balaban J connectivity index is 2.67. The molecule has 4 heteroatoms. The molecule has 0 aromatic heterocycles. The highest BCUT2D eigenvalue weighted by Gasteiger charge is 2.28. The molecule has 12 heavy (non-hydrogen) atoms. The second-order valence-electron chi connectivity index (χ2n) is 2.58. The molecule has 3 nitrogen and oxygen atoms in total. The summed E-state index contributed by atoms with van der Waals surface area (Å²) in [5, 5.41) is 12.0. The summed E-state index contributed by atoms with van der Waals surface area (Å²) in [5.74, 6) is -0.317. The van der Waals surface area contributed by atoms with Crippen LogP contribution in [-0.4, -0.2) is 11.0 Å². The van der Waals surface area contributed by atoms with Gasteiger partial charge in [0.15, 0.2) is 6.23 Å². The van der Waals surface area contributed by atoms with E-state index in [1.54, 1.807) is 18.2 Å². The Labute approximate surface area is 74.0 Å². The van der Waals surface area contributed by atoms with Crippen LogP contribution in [0.2, 0.25) is 5.02 Å². The van der Waals surface area contributed by atoms with Crippen LogP contribution in [0, 0.1) is 0 Å². The van der Waals surface area contributed by atoms with Crippen LogP contribution in [0.25, 0.3) is 0 Å². The Morgan fingerprint density at radius 3 is 2.92 bits per heavy atom. The topological polar surface area (TPSA) is 49.3 Å². The van der Waals surface area contributed by atoms with Gasteiger partial charge in [-0.1, -0.05) is 23.7 Å². The summed E-state index contributed by atoms with van der Waals surface area (Å²) in [5.41, 5.74) is 0.930. The average molecular weight is 184 g/mol. The predicted octanol–water partition coefficient (Wildman–Crippen LogP) is 1.07. The molecule has 1 unspecified atom stereocenters. The first kappa shape index (κ1) is 7.58. The number of fused-ring (bicyclic) bond motifs is 1. The Kier molecular flexibility index (Phi) is 1.56. The summed E-state index contributed by atoms with van der Waals surface area (Å²) in [6.45, 7) is 0. The third kappa shape index (κ3) is 0.906. The second-order valence-corrected chi connectivity index (χ2v) is 2.99. The van der Waals surface area contributed by atoms with Gasteiger partial charge in [-0.3, -0.25) is 4.79 Å². The molecule has 0 aliphatic carbocycles. The van der Waals surface area contributed by atoms with E-state index in [9.17, 15) is 9.90 Å². The standard InChI is InChI=1S/C8H6ClNO2/c9-5-3-1-2-4-6(5)8(12)10-7(4)11/h1-3,7,11H,(H,10,12). The lowest BCUT2D eigenvalue weighted by Crippen LogP contribution is -2.18. The number of benzene rings is 1. The Morgan fingerprint density at radius 2 is 2.25 bits per heavy atom. The zero-order valence-corrected chi connectivity index (χ0v) is 6.80. The molecule has 1 atom stereocenters. The largest absolute Gasteiger partial charge is 0.369 e. The van der Waals surface area contributed by atoms with E-state index in [4.69, 9.17) is 11.6 Å². The predicted molar refractivity (Wildman–Crippen MR) is 43.9 cm³/mol. The first-order chi connectivity index (χ1) is 5.70. The molecule has 0 saturated heterocycles. The fourth-order valence-corrected chi connectivity index (χ4v) is 1.55. The van der Waals surface area contributed by atoms with Crippen LogP contribution in [0.5, 0.6) is 0 Å². The van der Waals surface area contributed by atoms with Crippen molar-refractivity contribution in [2.24, 2.45) is 0 Å². The van der Waals surface area contributed by atoms with E-state index in [0.717, 1.165) is 0 Å². The lowest BCUT2D eigenvalue weighted by molar-refractivity contribution is 0.0851. The lowest BCUT2D eigenvalue weighted by atomic mass is 10.1. The van der Waals surface area contributed by atoms with Crippen LogP contribution in [0.15, 0.2) is 18.2 Å². The van der Waals surface area contributed by atoms with Crippen molar-refractivity contribution in [3.8, 4) is 0 Å². The zero-order valence-electron chi connectivity index (χ0n) is 6.04. The smallest absolute Gasteiger partial charge is 0.255 e. The highest BCUT2D eigenvalue weighted by molar-refractivity contribution is 6.34. The average Bonchev–Trinajstić information content (AvgIpc) is 2.29. The van der Waals surface area contributed by atoms with E-state index >= 15 is 0 Å². The van der Waals surface area contributed by atoms with Crippen molar-refractivity contribution in [3.63, 3.8) is 0 Å². The van der Waals surface area contributed by atoms with Crippen molar-refractivity contribution >= 4 is 17.5 Å². The maximum Gasteiger partial charge on any atom is 0.255 e. The number of carbonyl (C=O) groups is 1. The van der Waals surface area contributed by atoms with E-state index in [-0.39, 0.29) is 5.91 Å². The quantitative estimate of drug-likeness (QED) is 0.632. The van der Waals surface area contributed by atoms with E-state index in [1.807, 2.05) is 0 Å². The maximum atomic E-state index is 11.1. The molecule has 0 saturated carbocycles. The zero-order chi connectivity index (χ0) is 8.72. The maximum absolute atomic E-state index is 11.1. The van der Waals surface area contributed by atoms with Crippen LogP contribution >= 0.6 is 11.6 Å². The molecule has 0 bridgehead atoms. The van der Waals surface area contributed by atoms with Crippen LogP contribution in [0.3, 0.4) is 0 Å². The number of rotatable bonds is 0. The van der Waals surface area contributed by atoms with Gasteiger partial charge in [0.1, 0.15) is 0 Å². The normalized spacial score (nSPS) is 20.5. The summed E-state index contributed by atoms with van der Waals surface area (Å²) in [4.78, 5) is 11.1. The molecule has 1 amide bonds. The van der Waals surface area contributed by atoms with Crippen molar-refractivity contribution in [1.82, 2.24) is 5.32 Å². The van der Waals surface area contributed by atoms with Gasteiger partial charge < -0.3 is 10.4 Å². The Bertz CT molecular complexity index is 351. The fraction of sp³-hybridized carbons (Fsp3) is 0.125. The molecule has 0 spiro atoms. The van der Waals surface area contributed by atoms with Gasteiger partial charge in [0.05, 0.1) is 10.6 Å². The lowest BCUT2D eigenvalue weighted by Gasteiger charge is -2.01. The van der Waals surface area contributed by atoms with Gasteiger partial charge in [0.25, 0.3) is 5.91 Å². The Morgan fingerprint density at radius 1 is 1.50 bits per heavy atom. The van der Waals surface area contributed by atoms with Crippen LogP contribution in [-0.2, 0) is 0 Å². The minimum atomic E-state index is -0.911. The molecule has 2 rings (SSSR count). The molecule has 1 aliphatic heterocycles. The molecule has 2 N–H and O–H groups in total. The van der Waals surface area contributed by atoms with Crippen molar-refractivity contribution < 1.29 is 9.90 Å². The molecule has 1 aromatic rings. The third-order valence-corrected chi connectivity index (χ3v) is 2.15. The number of carbonyl (C=O) groups excluding carboxylic acids is 1. The molecule has 62 valence electrons. The second kappa shape index (κ2) is 2.47. The number of aliphatic hydroxyl groups is 1. The first-order valence-electron chi connectivity index (χ1n) is 3.47. The van der Waals surface area contributed by atoms with E-state index in [0.29, 0.717) is 16.1 Å². The monoisotopic (exact) mass is 183 g/mol. The molecular formula is C8H6ClNO2. The van der Waals surface area contributed by atoms with Gasteiger partial charge >= 0.3 is 0 Å². The van der Waals surface area contributed by atoms with Gasteiger partial charge in [0, 0.05) is 5.56 Å².